The van der Waals surface area contributed by atoms with Crippen molar-refractivity contribution in [3.63, 3.8) is 0 Å². The number of pyridine rings is 1. The molecule has 1 unspecified atom stereocenters. The van der Waals surface area contributed by atoms with Crippen LogP contribution in [0.5, 0.6) is 0 Å². The largest absolute Gasteiger partial charge is 0.354 e. The molecule has 25 heavy (non-hydrogen) atoms. The van der Waals surface area contributed by atoms with Crippen molar-refractivity contribution >= 4 is 17.4 Å². The van der Waals surface area contributed by atoms with Gasteiger partial charge in [-0.05, 0) is 43.1 Å². The molecule has 0 spiro atoms. The van der Waals surface area contributed by atoms with Crippen LogP contribution >= 0.6 is 0 Å². The minimum Gasteiger partial charge on any atom is -0.354 e. The molecule has 0 radical (unpaired) electrons. The van der Waals surface area contributed by atoms with Crippen LogP contribution < -0.4 is 10.2 Å². The fraction of sp³-hybridized carbons (Fsp3) is 0.400. The molecule has 1 aliphatic heterocycles. The van der Waals surface area contributed by atoms with Gasteiger partial charge in [0.1, 0.15) is 5.82 Å². The first-order valence-electron chi connectivity index (χ1n) is 8.99. The van der Waals surface area contributed by atoms with E-state index >= 15 is 0 Å². The van der Waals surface area contributed by atoms with Crippen LogP contribution in [0.15, 0.2) is 42.6 Å². The zero-order valence-corrected chi connectivity index (χ0v) is 14.6. The maximum absolute atomic E-state index is 12.6. The third-order valence-corrected chi connectivity index (χ3v) is 5.29. The first kappa shape index (κ1) is 16.1. The van der Waals surface area contributed by atoms with Gasteiger partial charge >= 0.3 is 0 Å². The molecule has 1 fully saturated rings. The number of carbonyl (C=O) groups is 1. The summed E-state index contributed by atoms with van der Waals surface area (Å²) in [5, 5.41) is 3.03. The average Bonchev–Trinajstić information content (AvgIpc) is 3.07. The van der Waals surface area contributed by atoms with E-state index in [2.05, 4.69) is 39.3 Å². The highest BCUT2D eigenvalue weighted by atomic mass is 16.1. The number of rotatable bonds is 3. The van der Waals surface area contributed by atoms with Crippen molar-refractivity contribution in [2.45, 2.75) is 18.8 Å². The molecule has 1 N–H and O–H groups in total. The second-order valence-corrected chi connectivity index (χ2v) is 6.97. The van der Waals surface area contributed by atoms with Gasteiger partial charge in [-0.25, -0.2) is 4.98 Å². The number of aromatic nitrogens is 1. The molecule has 5 heteroatoms. The van der Waals surface area contributed by atoms with Gasteiger partial charge in [-0.1, -0.05) is 24.3 Å². The highest BCUT2D eigenvalue weighted by Gasteiger charge is 2.28. The topological polar surface area (TPSA) is 48.5 Å². The van der Waals surface area contributed by atoms with Crippen molar-refractivity contribution in [3.05, 3.63) is 53.7 Å². The standard InChI is InChI=1S/C20H24N4O/c1-23-10-12-24(13-11-23)19-9-7-16(14-21-19)22-20(25)18-8-6-15-4-2-3-5-17(15)18/h2-5,7,9,14,18H,6,8,10-13H2,1H3,(H,22,25). The Bertz CT molecular complexity index is 751. The smallest absolute Gasteiger partial charge is 0.231 e. The lowest BCUT2D eigenvalue weighted by Crippen LogP contribution is -2.44. The third-order valence-electron chi connectivity index (χ3n) is 5.29. The van der Waals surface area contributed by atoms with E-state index < -0.39 is 0 Å². The molecule has 1 aromatic heterocycles. The number of nitrogens with one attached hydrogen (secondary N) is 1. The van der Waals surface area contributed by atoms with E-state index in [9.17, 15) is 4.79 Å². The Morgan fingerprint density at radius 1 is 1.12 bits per heavy atom. The maximum Gasteiger partial charge on any atom is 0.231 e. The number of aryl methyl sites for hydroxylation is 1. The lowest BCUT2D eigenvalue weighted by Gasteiger charge is -2.33. The third kappa shape index (κ3) is 3.37. The summed E-state index contributed by atoms with van der Waals surface area (Å²) < 4.78 is 0. The summed E-state index contributed by atoms with van der Waals surface area (Å²) >= 11 is 0. The van der Waals surface area contributed by atoms with Crippen molar-refractivity contribution < 1.29 is 4.79 Å². The number of amides is 1. The fourth-order valence-electron chi connectivity index (χ4n) is 3.74. The first-order valence-corrected chi connectivity index (χ1v) is 8.99. The van der Waals surface area contributed by atoms with E-state index in [4.69, 9.17) is 0 Å². The van der Waals surface area contributed by atoms with Gasteiger partial charge in [0.25, 0.3) is 0 Å². The average molecular weight is 336 g/mol. The van der Waals surface area contributed by atoms with Crippen molar-refractivity contribution in [1.82, 2.24) is 9.88 Å². The van der Waals surface area contributed by atoms with Gasteiger partial charge in [0, 0.05) is 26.2 Å². The Balaban J connectivity index is 1.41. The van der Waals surface area contributed by atoms with E-state index in [1.54, 1.807) is 6.20 Å². The Kier molecular flexibility index (Phi) is 4.40. The summed E-state index contributed by atoms with van der Waals surface area (Å²) in [4.78, 5) is 21.8. The minimum absolute atomic E-state index is 0.0477. The van der Waals surface area contributed by atoms with Gasteiger partial charge in [0.2, 0.25) is 5.91 Å². The van der Waals surface area contributed by atoms with Crippen molar-refractivity contribution in [2.24, 2.45) is 0 Å². The van der Waals surface area contributed by atoms with E-state index in [0.29, 0.717) is 0 Å². The molecular weight excluding hydrogens is 312 g/mol. The minimum atomic E-state index is -0.0477. The van der Waals surface area contributed by atoms with Crippen molar-refractivity contribution in [1.29, 1.82) is 0 Å². The van der Waals surface area contributed by atoms with Crippen molar-refractivity contribution in [2.75, 3.05) is 43.4 Å². The molecule has 2 heterocycles. The quantitative estimate of drug-likeness (QED) is 0.936. The number of hydrogen-bond donors (Lipinski definition) is 1. The molecule has 1 amide bonds. The zero-order chi connectivity index (χ0) is 17.2. The number of anilines is 2. The number of nitrogens with zero attached hydrogens (tertiary/aromatic N) is 3. The van der Waals surface area contributed by atoms with Gasteiger partial charge in [-0.3, -0.25) is 4.79 Å². The van der Waals surface area contributed by atoms with Crippen LogP contribution in [0.25, 0.3) is 0 Å². The van der Waals surface area contributed by atoms with Gasteiger partial charge in [-0.15, -0.1) is 0 Å². The van der Waals surface area contributed by atoms with Gasteiger partial charge < -0.3 is 15.1 Å². The lowest BCUT2D eigenvalue weighted by molar-refractivity contribution is -0.117. The summed E-state index contributed by atoms with van der Waals surface area (Å²) in [6, 6.07) is 12.2. The zero-order valence-electron chi connectivity index (χ0n) is 14.6. The lowest BCUT2D eigenvalue weighted by atomic mass is 10.0. The number of hydrogen-bond acceptors (Lipinski definition) is 4. The number of benzene rings is 1. The maximum atomic E-state index is 12.6. The van der Waals surface area contributed by atoms with E-state index in [1.165, 1.54) is 11.1 Å². The van der Waals surface area contributed by atoms with Crippen LogP contribution in [-0.2, 0) is 11.2 Å². The highest BCUT2D eigenvalue weighted by Crippen LogP contribution is 2.33. The van der Waals surface area contributed by atoms with Gasteiger partial charge in [0.15, 0.2) is 0 Å². The van der Waals surface area contributed by atoms with Gasteiger partial charge in [0.05, 0.1) is 17.8 Å². The molecule has 5 nitrogen and oxygen atoms in total. The predicted octanol–water partition coefficient (Wildman–Crippen LogP) is 2.50. The van der Waals surface area contributed by atoms with Crippen LogP contribution in [0.3, 0.4) is 0 Å². The summed E-state index contributed by atoms with van der Waals surface area (Å²) in [5.74, 6) is 1.00. The Morgan fingerprint density at radius 3 is 2.68 bits per heavy atom. The highest BCUT2D eigenvalue weighted by molar-refractivity contribution is 5.96. The molecule has 4 rings (SSSR count). The second kappa shape index (κ2) is 6.84. The Labute approximate surface area is 148 Å². The number of fused-ring (bicyclic) bond motifs is 1. The molecule has 0 bridgehead atoms. The van der Waals surface area contributed by atoms with Crippen LogP contribution in [0.2, 0.25) is 0 Å². The summed E-state index contributed by atoms with van der Waals surface area (Å²) in [6.07, 6.45) is 3.64. The normalized spacial score (nSPS) is 20.4. The van der Waals surface area contributed by atoms with Crippen LogP contribution in [0.1, 0.15) is 23.5 Å². The molecule has 2 aliphatic rings. The van der Waals surface area contributed by atoms with Gasteiger partial charge in [-0.2, -0.15) is 0 Å². The number of likely N-dealkylation sites (N-methyl/N-ethyl adjacent to an activating group) is 1. The first-order chi connectivity index (χ1) is 12.2. The van der Waals surface area contributed by atoms with Crippen LogP contribution in [0.4, 0.5) is 11.5 Å². The van der Waals surface area contributed by atoms with E-state index in [0.717, 1.165) is 50.5 Å². The molecule has 1 saturated heterocycles. The Morgan fingerprint density at radius 2 is 1.92 bits per heavy atom. The Hall–Kier alpha value is -2.40. The van der Waals surface area contributed by atoms with Crippen LogP contribution in [0, 0.1) is 0 Å². The van der Waals surface area contributed by atoms with Crippen LogP contribution in [-0.4, -0.2) is 49.0 Å². The molecular formula is C20H24N4O. The van der Waals surface area contributed by atoms with E-state index in [1.807, 2.05) is 24.3 Å². The molecule has 130 valence electrons. The molecule has 1 aliphatic carbocycles. The second-order valence-electron chi connectivity index (χ2n) is 6.97. The van der Waals surface area contributed by atoms with Crippen molar-refractivity contribution in [3.8, 4) is 0 Å². The SMILES string of the molecule is CN1CCN(c2ccc(NC(=O)C3CCc4ccccc43)cn2)CC1. The van der Waals surface area contributed by atoms with E-state index in [-0.39, 0.29) is 11.8 Å². The number of piperazine rings is 1. The monoisotopic (exact) mass is 336 g/mol. The molecule has 1 atom stereocenters. The molecule has 1 aromatic carbocycles. The number of carbonyl (C=O) groups excluding carboxylic acids is 1. The molecule has 2 aromatic rings. The molecule has 0 saturated carbocycles. The summed E-state index contributed by atoms with van der Waals surface area (Å²) in [7, 11) is 2.14. The fourth-order valence-corrected chi connectivity index (χ4v) is 3.74. The summed E-state index contributed by atoms with van der Waals surface area (Å²) in [5.41, 5.74) is 3.24. The summed E-state index contributed by atoms with van der Waals surface area (Å²) in [6.45, 7) is 4.10. The predicted molar refractivity (Wildman–Crippen MR) is 100 cm³/mol.